The lowest BCUT2D eigenvalue weighted by Gasteiger charge is -2.32. The number of nitrogens with one attached hydrogen (secondary N) is 1. The maximum Gasteiger partial charge on any atom is 0.573 e. The number of fused-ring (bicyclic) bond motifs is 1. The molecular weight excluding hydrogens is 391 g/mol. The second-order valence-electron chi connectivity index (χ2n) is 6.83. The van der Waals surface area contributed by atoms with Gasteiger partial charge in [0.2, 0.25) is 10.1 Å². The highest BCUT2D eigenvalue weighted by molar-refractivity contribution is 7.20. The van der Waals surface area contributed by atoms with Gasteiger partial charge in [-0.05, 0) is 38.6 Å². The topological polar surface area (TPSA) is 54.7 Å². The first-order valence-corrected chi connectivity index (χ1v) is 9.85. The molecule has 1 saturated heterocycles. The summed E-state index contributed by atoms with van der Waals surface area (Å²) in [4.78, 5) is 7.37. The summed E-state index contributed by atoms with van der Waals surface area (Å²) >= 11 is 1.42. The van der Waals surface area contributed by atoms with Crippen molar-refractivity contribution < 1.29 is 17.9 Å². The van der Waals surface area contributed by atoms with Crippen LogP contribution in [0.25, 0.3) is 16.2 Å². The molecule has 0 radical (unpaired) electrons. The van der Waals surface area contributed by atoms with Gasteiger partial charge in [0, 0.05) is 18.2 Å². The highest BCUT2D eigenvalue weighted by atomic mass is 32.1. The minimum atomic E-state index is -4.73. The zero-order valence-electron chi connectivity index (χ0n) is 15.2. The smallest absolute Gasteiger partial charge is 0.406 e. The maximum atomic E-state index is 12.5. The van der Waals surface area contributed by atoms with Crippen molar-refractivity contribution in [3.05, 3.63) is 30.5 Å². The van der Waals surface area contributed by atoms with Gasteiger partial charge in [0.25, 0.3) is 0 Å². The van der Waals surface area contributed by atoms with Gasteiger partial charge in [-0.25, -0.2) is 9.50 Å². The van der Waals surface area contributed by atoms with E-state index in [4.69, 9.17) is 0 Å². The van der Waals surface area contributed by atoms with Gasteiger partial charge in [0.05, 0.1) is 11.9 Å². The molecule has 1 aliphatic heterocycles. The summed E-state index contributed by atoms with van der Waals surface area (Å²) in [6.45, 7) is 1.91. The summed E-state index contributed by atoms with van der Waals surface area (Å²) in [5, 5.41) is 8.66. The number of likely N-dealkylation sites (tertiary alicyclic amines) is 1. The monoisotopic (exact) mass is 411 g/mol. The number of likely N-dealkylation sites (N-methyl/N-ethyl adjacent to an activating group) is 1. The summed E-state index contributed by atoms with van der Waals surface area (Å²) in [5.74, 6) is -0.270. The van der Waals surface area contributed by atoms with Crippen molar-refractivity contribution in [1.29, 1.82) is 0 Å². The van der Waals surface area contributed by atoms with Gasteiger partial charge in [-0.1, -0.05) is 29.9 Å². The van der Waals surface area contributed by atoms with E-state index >= 15 is 0 Å². The summed E-state index contributed by atoms with van der Waals surface area (Å²) < 4.78 is 43.1. The van der Waals surface area contributed by atoms with E-state index in [2.05, 4.69) is 32.1 Å². The molecule has 1 aromatic carbocycles. The third-order valence-corrected chi connectivity index (χ3v) is 5.74. The Labute approximate surface area is 163 Å². The number of hydrogen-bond acceptors (Lipinski definition) is 6. The average Bonchev–Trinajstić information content (AvgIpc) is 3.20. The fourth-order valence-electron chi connectivity index (χ4n) is 3.42. The molecule has 3 aromatic rings. The lowest BCUT2D eigenvalue weighted by Crippen LogP contribution is -2.40. The Balaban J connectivity index is 1.52. The third-order valence-electron chi connectivity index (χ3n) is 4.86. The van der Waals surface area contributed by atoms with Crippen molar-refractivity contribution in [2.45, 2.75) is 31.7 Å². The number of halogens is 3. The van der Waals surface area contributed by atoms with Crippen molar-refractivity contribution in [1.82, 2.24) is 19.5 Å². The van der Waals surface area contributed by atoms with Crippen molar-refractivity contribution >= 4 is 21.4 Å². The number of anilines is 1. The minimum Gasteiger partial charge on any atom is -0.406 e. The van der Waals surface area contributed by atoms with Gasteiger partial charge in [0.15, 0.2) is 0 Å². The molecule has 3 heterocycles. The first-order chi connectivity index (χ1) is 13.4. The summed E-state index contributed by atoms with van der Waals surface area (Å²) in [7, 11) is 2.13. The second kappa shape index (κ2) is 7.59. The highest BCUT2D eigenvalue weighted by Gasteiger charge is 2.31. The van der Waals surface area contributed by atoms with Crippen LogP contribution >= 0.6 is 11.3 Å². The summed E-state index contributed by atoms with van der Waals surface area (Å²) in [6.07, 6.45) is 0.500. The molecule has 1 aliphatic rings. The standard InChI is InChI=1S/C18H20F3N5OS/c1-25-8-3-2-6-13(25)10-22-16-24-26-15(11-23-17(26)28-16)12-5-4-7-14(9-12)27-18(19,20)21/h4-5,7,9,11,13H,2-3,6,8,10H2,1H3,(H,22,24). The molecule has 0 aliphatic carbocycles. The Bertz CT molecular complexity index is 954. The molecule has 0 amide bonds. The fourth-order valence-corrected chi connectivity index (χ4v) is 4.20. The van der Waals surface area contributed by atoms with Crippen molar-refractivity contribution in [2.24, 2.45) is 0 Å². The average molecular weight is 411 g/mol. The van der Waals surface area contributed by atoms with Crippen LogP contribution in [0.1, 0.15) is 19.3 Å². The van der Waals surface area contributed by atoms with Gasteiger partial charge in [0.1, 0.15) is 5.75 Å². The van der Waals surface area contributed by atoms with E-state index in [9.17, 15) is 13.2 Å². The number of nitrogens with zero attached hydrogens (tertiary/aromatic N) is 4. The fraction of sp³-hybridized carbons (Fsp3) is 0.444. The van der Waals surface area contributed by atoms with Crippen molar-refractivity contribution in [3.63, 3.8) is 0 Å². The number of piperidine rings is 1. The molecule has 0 spiro atoms. The Hall–Kier alpha value is -2.33. The SMILES string of the molecule is CN1CCCCC1CNc1nn2c(-c3cccc(OC(F)(F)F)c3)cnc2s1. The third kappa shape index (κ3) is 4.22. The molecular formula is C18H20F3N5OS. The van der Waals surface area contributed by atoms with E-state index in [0.29, 0.717) is 22.3 Å². The summed E-state index contributed by atoms with van der Waals surface area (Å²) in [5.41, 5.74) is 1.17. The number of rotatable bonds is 5. The Morgan fingerprint density at radius 1 is 1.32 bits per heavy atom. The lowest BCUT2D eigenvalue weighted by atomic mass is 10.0. The Kier molecular flexibility index (Phi) is 5.15. The first-order valence-electron chi connectivity index (χ1n) is 9.04. The van der Waals surface area contributed by atoms with Gasteiger partial charge in [-0.15, -0.1) is 18.3 Å². The molecule has 1 atom stereocenters. The molecule has 28 heavy (non-hydrogen) atoms. The maximum absolute atomic E-state index is 12.5. The van der Waals surface area contributed by atoms with E-state index < -0.39 is 6.36 Å². The molecule has 1 unspecified atom stereocenters. The first kappa shape index (κ1) is 19.0. The van der Waals surface area contributed by atoms with E-state index in [0.717, 1.165) is 24.6 Å². The quantitative estimate of drug-likeness (QED) is 0.680. The zero-order chi connectivity index (χ0) is 19.7. The van der Waals surface area contributed by atoms with Crippen LogP contribution in [0.5, 0.6) is 5.75 Å². The molecule has 0 saturated carbocycles. The van der Waals surface area contributed by atoms with E-state index in [-0.39, 0.29) is 5.75 Å². The summed E-state index contributed by atoms with van der Waals surface area (Å²) in [6, 6.07) is 6.29. The van der Waals surface area contributed by atoms with Crippen LogP contribution < -0.4 is 10.1 Å². The van der Waals surface area contributed by atoms with Crippen LogP contribution in [-0.2, 0) is 0 Å². The number of benzene rings is 1. The van der Waals surface area contributed by atoms with Crippen LogP contribution in [0.15, 0.2) is 30.5 Å². The van der Waals surface area contributed by atoms with Crippen LogP contribution in [0.2, 0.25) is 0 Å². The molecule has 2 aromatic heterocycles. The molecule has 10 heteroatoms. The molecule has 0 bridgehead atoms. The van der Waals surface area contributed by atoms with Crippen molar-refractivity contribution in [3.8, 4) is 17.0 Å². The van der Waals surface area contributed by atoms with Gasteiger partial charge in [-0.3, -0.25) is 0 Å². The largest absolute Gasteiger partial charge is 0.573 e. The minimum absolute atomic E-state index is 0.270. The van der Waals surface area contributed by atoms with Crippen LogP contribution in [0.3, 0.4) is 0 Å². The Morgan fingerprint density at radius 3 is 2.96 bits per heavy atom. The molecule has 6 nitrogen and oxygen atoms in total. The van der Waals surface area contributed by atoms with Crippen LogP contribution in [0.4, 0.5) is 18.3 Å². The lowest BCUT2D eigenvalue weighted by molar-refractivity contribution is -0.274. The molecule has 4 rings (SSSR count). The van der Waals surface area contributed by atoms with Crippen LogP contribution in [-0.4, -0.2) is 52.0 Å². The van der Waals surface area contributed by atoms with Gasteiger partial charge in [-0.2, -0.15) is 0 Å². The van der Waals surface area contributed by atoms with E-state index in [1.165, 1.54) is 42.4 Å². The van der Waals surface area contributed by atoms with E-state index in [1.807, 2.05) is 0 Å². The van der Waals surface area contributed by atoms with Crippen LogP contribution in [0, 0.1) is 0 Å². The molecule has 1 fully saturated rings. The predicted molar refractivity (Wildman–Crippen MR) is 102 cm³/mol. The molecule has 1 N–H and O–H groups in total. The predicted octanol–water partition coefficient (Wildman–Crippen LogP) is 4.25. The number of alkyl halides is 3. The number of aromatic nitrogens is 3. The number of imidazole rings is 1. The second-order valence-corrected chi connectivity index (χ2v) is 7.79. The van der Waals surface area contributed by atoms with Gasteiger partial charge >= 0.3 is 6.36 Å². The zero-order valence-corrected chi connectivity index (χ0v) is 16.1. The molecule has 150 valence electrons. The highest BCUT2D eigenvalue weighted by Crippen LogP contribution is 2.30. The Morgan fingerprint density at radius 2 is 2.18 bits per heavy atom. The van der Waals surface area contributed by atoms with Crippen molar-refractivity contribution in [2.75, 3.05) is 25.5 Å². The number of ether oxygens (including phenoxy) is 1. The number of hydrogen-bond donors (Lipinski definition) is 1. The van der Waals surface area contributed by atoms with E-state index in [1.54, 1.807) is 16.8 Å². The normalized spacial score (nSPS) is 18.5. The van der Waals surface area contributed by atoms with Gasteiger partial charge < -0.3 is 15.0 Å².